The average molecular weight is 574 g/mol. The van der Waals surface area contributed by atoms with E-state index in [-0.39, 0.29) is 0 Å². The molecule has 90 valence electrons. The Labute approximate surface area is 128 Å². The molecule has 0 aliphatic heterocycles. The summed E-state index contributed by atoms with van der Waals surface area (Å²) < 4.78 is 5.26. The van der Waals surface area contributed by atoms with Crippen LogP contribution in [0, 0.1) is 0 Å². The van der Waals surface area contributed by atoms with Gasteiger partial charge in [0.2, 0.25) is 0 Å². The first-order valence-corrected chi connectivity index (χ1v) is 19.2. The Kier molecular flexibility index (Phi) is 7.54. The zero-order valence-corrected chi connectivity index (χ0v) is 16.8. The van der Waals surface area contributed by atoms with Crippen molar-refractivity contribution in [1.82, 2.24) is 0 Å². The van der Waals surface area contributed by atoms with Crippen LogP contribution < -0.4 is 3.61 Å². The van der Waals surface area contributed by atoms with E-state index in [9.17, 15) is 0 Å². The van der Waals surface area contributed by atoms with Gasteiger partial charge in [0.05, 0.1) is 0 Å². The van der Waals surface area contributed by atoms with E-state index in [0.717, 1.165) is 0 Å². The van der Waals surface area contributed by atoms with Gasteiger partial charge in [0.25, 0.3) is 0 Å². The van der Waals surface area contributed by atoms with Crippen molar-refractivity contribution in [2.45, 2.75) is 26.2 Å². The molecule has 0 amide bonds. The fourth-order valence-electron chi connectivity index (χ4n) is 1.33. The first-order valence-electron chi connectivity index (χ1n) is 5.20. The molecule has 0 nitrogen and oxygen atoms in total. The van der Waals surface area contributed by atoms with Crippen LogP contribution in [0.1, 0.15) is 26.2 Å². The average Bonchev–Trinajstić information content (AvgIpc) is 2.31. The van der Waals surface area contributed by atoms with E-state index in [4.69, 9.17) is 0 Å². The molecule has 1 aromatic rings. The Morgan fingerprint density at radius 2 is 1.94 bits per heavy atom. The van der Waals surface area contributed by atoms with Crippen molar-refractivity contribution in [2.75, 3.05) is 0 Å². The van der Waals surface area contributed by atoms with Crippen molar-refractivity contribution in [3.8, 4) is 0 Å². The summed E-state index contributed by atoms with van der Waals surface area (Å²) in [7, 11) is 0. The van der Waals surface area contributed by atoms with Crippen molar-refractivity contribution in [3.63, 3.8) is 0 Å². The number of hydrogen-bond donors (Lipinski definition) is 0. The van der Waals surface area contributed by atoms with Crippen LogP contribution in [-0.4, -0.2) is 13.8 Å². The quantitative estimate of drug-likeness (QED) is 0.337. The molecule has 0 saturated carbocycles. The Bertz CT molecular complexity index is 349. The Hall–Kier alpha value is 1.44. The van der Waals surface area contributed by atoms with Crippen LogP contribution in [0.25, 0.3) is 0 Å². The Morgan fingerprint density at radius 1 is 1.31 bits per heavy atom. The number of halogens is 3. The molecule has 1 aromatic carbocycles. The van der Waals surface area contributed by atoms with E-state index >= 15 is 0 Å². The van der Waals surface area contributed by atoms with E-state index in [0.29, 0.717) is 0 Å². The molecule has 0 spiro atoms. The van der Waals surface area contributed by atoms with Gasteiger partial charge in [0.1, 0.15) is 0 Å². The molecule has 0 aliphatic carbocycles. The third kappa shape index (κ3) is 4.28. The van der Waals surface area contributed by atoms with Crippen molar-refractivity contribution >= 4 is 65.5 Å². The van der Waals surface area contributed by atoms with E-state index in [1.165, 1.54) is 22.9 Å². The number of benzene rings is 1. The van der Waals surface area contributed by atoms with E-state index < -0.39 is 13.8 Å². The molecule has 0 fully saturated rings. The van der Waals surface area contributed by atoms with E-state index in [1.807, 2.05) is 0 Å². The summed E-state index contributed by atoms with van der Waals surface area (Å²) in [6.45, 7) is 2.24. The summed E-state index contributed by atoms with van der Waals surface area (Å²) in [5, 5.41) is 0. The maximum absolute atomic E-state index is 3.98. The topological polar surface area (TPSA) is 0 Å². The van der Waals surface area contributed by atoms with Crippen LogP contribution in [0.5, 0.6) is 0 Å². The van der Waals surface area contributed by atoms with Gasteiger partial charge in [-0.25, -0.2) is 0 Å². The first kappa shape index (κ1) is 15.5. The van der Waals surface area contributed by atoms with Crippen LogP contribution in [0.4, 0.5) is 0 Å². The van der Waals surface area contributed by atoms with Gasteiger partial charge in [-0.15, -0.1) is 0 Å². The zero-order valence-electron chi connectivity index (χ0n) is 9.13. The third-order valence-corrected chi connectivity index (χ3v) is 20.2. The molecule has 0 radical (unpaired) electrons. The fourth-order valence-corrected chi connectivity index (χ4v) is 19.0. The SMILES string of the molecule is CCCC/C(=C\I)[Te](Br)(Br)c1ccccc1. The Balaban J connectivity index is 2.91. The molecule has 0 N–H and O–H groups in total. The number of unbranched alkanes of at least 4 members (excludes halogenated alkanes) is 1. The fraction of sp³-hybridized carbons (Fsp3) is 0.333. The molecular formula is C12H15Br2ITe. The summed E-state index contributed by atoms with van der Waals surface area (Å²) in [5.41, 5.74) is 0. The molecule has 0 atom stereocenters. The summed E-state index contributed by atoms with van der Waals surface area (Å²) >= 11 is 7.99. The van der Waals surface area contributed by atoms with Crippen molar-refractivity contribution in [3.05, 3.63) is 38.0 Å². The molecular weight excluding hydrogens is 558 g/mol. The molecule has 4 heteroatoms. The molecule has 0 aromatic heterocycles. The number of allylic oxidation sites excluding steroid dienone is 1. The van der Waals surface area contributed by atoms with Crippen LogP contribution >= 0.6 is 48.1 Å². The van der Waals surface area contributed by atoms with E-state index in [2.05, 4.69) is 89.4 Å². The normalized spacial score (nSPS) is 13.9. The number of rotatable bonds is 5. The van der Waals surface area contributed by atoms with E-state index in [1.54, 1.807) is 3.62 Å². The Morgan fingerprint density at radius 3 is 2.44 bits per heavy atom. The summed E-state index contributed by atoms with van der Waals surface area (Å²) in [5.74, 6) is 0. The molecule has 0 bridgehead atoms. The van der Waals surface area contributed by atoms with Crippen molar-refractivity contribution < 1.29 is 0 Å². The predicted octanol–water partition coefficient (Wildman–Crippen LogP) is 5.17. The van der Waals surface area contributed by atoms with Crippen molar-refractivity contribution in [1.29, 1.82) is 0 Å². The molecule has 0 unspecified atom stereocenters. The summed E-state index contributed by atoms with van der Waals surface area (Å²) in [6.07, 6.45) is 3.72. The van der Waals surface area contributed by atoms with Crippen LogP contribution in [0.3, 0.4) is 0 Å². The number of hydrogen-bond acceptors (Lipinski definition) is 0. The van der Waals surface area contributed by atoms with Gasteiger partial charge in [-0.05, 0) is 0 Å². The van der Waals surface area contributed by atoms with Crippen LogP contribution in [-0.2, 0) is 0 Å². The summed E-state index contributed by atoms with van der Waals surface area (Å²) in [6, 6.07) is 10.7. The first-order chi connectivity index (χ1) is 7.62. The van der Waals surface area contributed by atoms with Gasteiger partial charge in [-0.3, -0.25) is 0 Å². The van der Waals surface area contributed by atoms with Gasteiger partial charge in [0, 0.05) is 0 Å². The molecule has 0 heterocycles. The van der Waals surface area contributed by atoms with Gasteiger partial charge in [-0.1, -0.05) is 0 Å². The molecule has 0 aliphatic rings. The van der Waals surface area contributed by atoms with Gasteiger partial charge >= 0.3 is 130 Å². The van der Waals surface area contributed by atoms with Crippen molar-refractivity contribution in [2.24, 2.45) is 0 Å². The summed E-state index contributed by atoms with van der Waals surface area (Å²) in [4.78, 5) is 0. The predicted molar refractivity (Wildman–Crippen MR) is 91.3 cm³/mol. The van der Waals surface area contributed by atoms with Gasteiger partial charge in [0.15, 0.2) is 0 Å². The molecule has 0 saturated heterocycles. The second-order valence-electron chi connectivity index (χ2n) is 3.46. The molecule has 1 rings (SSSR count). The standard InChI is InChI=1S/C12H15Br2ITe/c1-2-3-7-12(10-15)16(13,14)11-8-5-4-6-9-11/h4-6,8-10H,2-3,7H2,1H3/b12-10+. The minimum absolute atomic E-state index is 1.20. The molecule has 16 heavy (non-hydrogen) atoms. The van der Waals surface area contributed by atoms with Gasteiger partial charge < -0.3 is 0 Å². The zero-order chi connectivity index (χ0) is 12.0. The second-order valence-corrected chi connectivity index (χ2v) is 28.5. The second kappa shape index (κ2) is 7.78. The minimum atomic E-state index is -2.34. The maximum atomic E-state index is 3.98. The monoisotopic (exact) mass is 574 g/mol. The van der Waals surface area contributed by atoms with Gasteiger partial charge in [-0.2, -0.15) is 0 Å². The third-order valence-electron chi connectivity index (χ3n) is 2.27. The van der Waals surface area contributed by atoms with Crippen LogP contribution in [0.2, 0.25) is 0 Å². The van der Waals surface area contributed by atoms with Crippen LogP contribution in [0.15, 0.2) is 38.0 Å².